The molecular formula is C22H21F4N3O. The van der Waals surface area contributed by atoms with Crippen LogP contribution >= 0.6 is 0 Å². The lowest BCUT2D eigenvalue weighted by Gasteiger charge is -2.49. The van der Waals surface area contributed by atoms with Gasteiger partial charge in [0.2, 0.25) is 0 Å². The van der Waals surface area contributed by atoms with E-state index < -0.39 is 35.5 Å². The Morgan fingerprint density at radius 3 is 2.53 bits per heavy atom. The van der Waals surface area contributed by atoms with Gasteiger partial charge in [0, 0.05) is 17.3 Å². The molecule has 1 aliphatic carbocycles. The summed E-state index contributed by atoms with van der Waals surface area (Å²) in [6.45, 7) is 4.96. The summed E-state index contributed by atoms with van der Waals surface area (Å²) < 4.78 is 56.8. The third kappa shape index (κ3) is 3.10. The third-order valence-corrected chi connectivity index (χ3v) is 5.80. The Bertz CT molecular complexity index is 1130. The number of aliphatic hydroxyl groups is 1. The number of alkyl halides is 3. The van der Waals surface area contributed by atoms with E-state index in [1.807, 2.05) is 0 Å². The summed E-state index contributed by atoms with van der Waals surface area (Å²) in [6, 6.07) is 7.75. The standard InChI is InChI=1S/C22H21F4N3O/c1-12-27-10-14-17(9-8-16(23)18(14)28-12)29-19-13-6-4-5-7-15(13)20(2,3)11-21(19,30)22(24,25)26/h4-10,19,29-30H,11H2,1-3H3/t19-,21-/m1/s1. The van der Waals surface area contributed by atoms with E-state index in [9.17, 15) is 22.7 Å². The van der Waals surface area contributed by atoms with Gasteiger partial charge >= 0.3 is 6.18 Å². The summed E-state index contributed by atoms with van der Waals surface area (Å²) in [5.41, 5.74) is -2.64. The van der Waals surface area contributed by atoms with Gasteiger partial charge in [0.1, 0.15) is 17.2 Å². The molecule has 0 amide bonds. The summed E-state index contributed by atoms with van der Waals surface area (Å²) >= 11 is 0. The first kappa shape index (κ1) is 20.5. The molecule has 1 heterocycles. The SMILES string of the molecule is Cc1ncc2c(N[C@@H]3c4ccccc4C(C)(C)C[C@]3(O)C(F)(F)F)ccc(F)c2n1. The number of anilines is 1. The minimum absolute atomic E-state index is 0.00692. The fraction of sp³-hybridized carbons (Fsp3) is 0.364. The molecule has 0 unspecified atom stereocenters. The van der Waals surface area contributed by atoms with Gasteiger partial charge in [-0.25, -0.2) is 14.4 Å². The molecule has 0 radical (unpaired) electrons. The van der Waals surface area contributed by atoms with Crippen LogP contribution in [0.4, 0.5) is 23.2 Å². The van der Waals surface area contributed by atoms with Crippen molar-refractivity contribution in [2.45, 2.75) is 50.4 Å². The zero-order valence-corrected chi connectivity index (χ0v) is 16.7. The van der Waals surface area contributed by atoms with Crippen molar-refractivity contribution in [2.75, 3.05) is 5.32 Å². The molecule has 4 nitrogen and oxygen atoms in total. The molecular weight excluding hydrogens is 398 g/mol. The van der Waals surface area contributed by atoms with Gasteiger partial charge < -0.3 is 10.4 Å². The highest BCUT2D eigenvalue weighted by molar-refractivity contribution is 5.91. The van der Waals surface area contributed by atoms with Crippen LogP contribution in [0, 0.1) is 12.7 Å². The van der Waals surface area contributed by atoms with Crippen molar-refractivity contribution in [2.24, 2.45) is 0 Å². The van der Waals surface area contributed by atoms with Crippen molar-refractivity contribution in [1.29, 1.82) is 0 Å². The van der Waals surface area contributed by atoms with Gasteiger partial charge in [0.05, 0.1) is 6.04 Å². The van der Waals surface area contributed by atoms with E-state index >= 15 is 0 Å². The molecule has 30 heavy (non-hydrogen) atoms. The molecule has 0 saturated carbocycles. The topological polar surface area (TPSA) is 58.0 Å². The fourth-order valence-corrected chi connectivity index (χ4v) is 4.41. The Labute approximate surface area is 171 Å². The van der Waals surface area contributed by atoms with Crippen molar-refractivity contribution >= 4 is 16.6 Å². The lowest BCUT2D eigenvalue weighted by atomic mass is 9.63. The average molecular weight is 419 g/mol. The predicted molar refractivity (Wildman–Crippen MR) is 106 cm³/mol. The Kier molecular flexibility index (Phi) is 4.54. The molecule has 2 aromatic carbocycles. The second-order valence-electron chi connectivity index (χ2n) is 8.42. The highest BCUT2D eigenvalue weighted by Gasteiger charge is 2.63. The normalized spacial score (nSPS) is 23.3. The van der Waals surface area contributed by atoms with E-state index in [4.69, 9.17) is 0 Å². The zero-order chi connectivity index (χ0) is 21.9. The lowest BCUT2D eigenvalue weighted by Crippen LogP contribution is -2.58. The predicted octanol–water partition coefficient (Wildman–Crippen LogP) is 5.21. The Morgan fingerprint density at radius 1 is 1.13 bits per heavy atom. The highest BCUT2D eigenvalue weighted by atomic mass is 19.4. The molecule has 158 valence electrons. The average Bonchev–Trinajstić information content (AvgIpc) is 2.66. The maximum absolute atomic E-state index is 14.3. The van der Waals surface area contributed by atoms with Gasteiger partial charge in [0.25, 0.3) is 0 Å². The lowest BCUT2D eigenvalue weighted by molar-refractivity contribution is -0.275. The van der Waals surface area contributed by atoms with Crippen LogP contribution in [0.1, 0.15) is 43.3 Å². The molecule has 2 atom stereocenters. The number of aromatic nitrogens is 2. The van der Waals surface area contributed by atoms with Crippen LogP contribution in [0.5, 0.6) is 0 Å². The molecule has 0 fully saturated rings. The molecule has 0 saturated heterocycles. The molecule has 0 spiro atoms. The van der Waals surface area contributed by atoms with E-state index in [2.05, 4.69) is 15.3 Å². The molecule has 2 N–H and O–H groups in total. The molecule has 0 bridgehead atoms. The molecule has 0 aliphatic heterocycles. The summed E-state index contributed by atoms with van der Waals surface area (Å²) in [6.07, 6.45) is -4.04. The maximum atomic E-state index is 14.3. The van der Waals surface area contributed by atoms with Crippen molar-refractivity contribution < 1.29 is 22.7 Å². The van der Waals surface area contributed by atoms with Gasteiger partial charge in [0.15, 0.2) is 5.60 Å². The van der Waals surface area contributed by atoms with Crippen LogP contribution in [0.15, 0.2) is 42.6 Å². The highest BCUT2D eigenvalue weighted by Crippen LogP contribution is 2.54. The quantitative estimate of drug-likeness (QED) is 0.560. The number of hydrogen-bond acceptors (Lipinski definition) is 4. The Hall–Kier alpha value is -2.74. The maximum Gasteiger partial charge on any atom is 0.419 e. The number of nitrogens with one attached hydrogen (secondary N) is 1. The van der Waals surface area contributed by atoms with Crippen LogP contribution < -0.4 is 5.32 Å². The number of fused-ring (bicyclic) bond motifs is 2. The van der Waals surface area contributed by atoms with Crippen molar-refractivity contribution in [3.05, 3.63) is 65.4 Å². The van der Waals surface area contributed by atoms with Crippen LogP contribution in [-0.4, -0.2) is 26.9 Å². The molecule has 3 aromatic rings. The fourth-order valence-electron chi connectivity index (χ4n) is 4.41. The van der Waals surface area contributed by atoms with Gasteiger partial charge in [-0.3, -0.25) is 0 Å². The molecule has 1 aliphatic rings. The number of rotatable bonds is 2. The van der Waals surface area contributed by atoms with E-state index in [1.165, 1.54) is 12.3 Å². The molecule has 4 rings (SSSR count). The number of hydrogen-bond donors (Lipinski definition) is 2. The number of nitrogens with zero attached hydrogens (tertiary/aromatic N) is 2. The van der Waals surface area contributed by atoms with Gasteiger partial charge in [-0.2, -0.15) is 13.2 Å². The number of aryl methyl sites for hydroxylation is 1. The first-order valence-electron chi connectivity index (χ1n) is 9.51. The largest absolute Gasteiger partial charge is 0.419 e. The van der Waals surface area contributed by atoms with Gasteiger partial charge in [-0.1, -0.05) is 38.1 Å². The monoisotopic (exact) mass is 419 g/mol. The molecule has 8 heteroatoms. The zero-order valence-electron chi connectivity index (χ0n) is 16.7. The van der Waals surface area contributed by atoms with Crippen LogP contribution in [0.2, 0.25) is 0 Å². The number of benzene rings is 2. The van der Waals surface area contributed by atoms with E-state index in [0.29, 0.717) is 11.4 Å². The summed E-state index contributed by atoms with van der Waals surface area (Å²) in [5, 5.41) is 14.1. The second kappa shape index (κ2) is 6.63. The first-order valence-corrected chi connectivity index (χ1v) is 9.51. The summed E-state index contributed by atoms with van der Waals surface area (Å²) in [5.74, 6) is -0.257. The summed E-state index contributed by atoms with van der Waals surface area (Å²) in [7, 11) is 0. The van der Waals surface area contributed by atoms with Crippen molar-refractivity contribution in [1.82, 2.24) is 9.97 Å². The Balaban J connectivity index is 1.92. The van der Waals surface area contributed by atoms with Crippen LogP contribution in [0.3, 0.4) is 0 Å². The van der Waals surface area contributed by atoms with Gasteiger partial charge in [-0.05, 0) is 42.0 Å². The van der Waals surface area contributed by atoms with Crippen LogP contribution in [0.25, 0.3) is 10.9 Å². The smallest absolute Gasteiger partial charge is 0.379 e. The Morgan fingerprint density at radius 2 is 1.83 bits per heavy atom. The summed E-state index contributed by atoms with van der Waals surface area (Å²) in [4.78, 5) is 8.12. The van der Waals surface area contributed by atoms with E-state index in [-0.39, 0.29) is 16.6 Å². The second-order valence-corrected chi connectivity index (χ2v) is 8.42. The number of halogens is 4. The minimum Gasteiger partial charge on any atom is -0.379 e. The first-order chi connectivity index (χ1) is 13.9. The molecule has 1 aromatic heterocycles. The van der Waals surface area contributed by atoms with Crippen molar-refractivity contribution in [3.8, 4) is 0 Å². The van der Waals surface area contributed by atoms with E-state index in [0.717, 1.165) is 11.6 Å². The van der Waals surface area contributed by atoms with Crippen molar-refractivity contribution in [3.63, 3.8) is 0 Å². The third-order valence-electron chi connectivity index (χ3n) is 5.80. The van der Waals surface area contributed by atoms with Gasteiger partial charge in [-0.15, -0.1) is 0 Å². The minimum atomic E-state index is -4.89. The van der Waals surface area contributed by atoms with Crippen LogP contribution in [-0.2, 0) is 5.41 Å². The van der Waals surface area contributed by atoms with E-state index in [1.54, 1.807) is 45.0 Å².